The van der Waals surface area contributed by atoms with E-state index in [-0.39, 0.29) is 12.5 Å². The van der Waals surface area contributed by atoms with Crippen molar-refractivity contribution in [2.75, 3.05) is 11.9 Å². The van der Waals surface area contributed by atoms with Gasteiger partial charge in [-0.15, -0.1) is 0 Å². The fourth-order valence-electron chi connectivity index (χ4n) is 3.34. The minimum atomic E-state index is -0.626. The zero-order valence-corrected chi connectivity index (χ0v) is 16.6. The van der Waals surface area contributed by atoms with Gasteiger partial charge in [-0.1, -0.05) is 17.7 Å². The minimum Gasteiger partial charge on any atom is -0.368 e. The summed E-state index contributed by atoms with van der Waals surface area (Å²) in [4.78, 5) is 40.9. The van der Waals surface area contributed by atoms with Crippen molar-refractivity contribution >= 4 is 34.3 Å². The van der Waals surface area contributed by atoms with Gasteiger partial charge >= 0.3 is 0 Å². The van der Waals surface area contributed by atoms with Gasteiger partial charge in [0.05, 0.1) is 17.6 Å². The molecule has 1 fully saturated rings. The summed E-state index contributed by atoms with van der Waals surface area (Å²) in [6, 6.07) is 14.3. The van der Waals surface area contributed by atoms with Gasteiger partial charge < -0.3 is 16.4 Å². The van der Waals surface area contributed by atoms with Crippen LogP contribution in [0.5, 0.6) is 0 Å². The summed E-state index contributed by atoms with van der Waals surface area (Å²) in [5.41, 5.74) is 9.22. The molecule has 0 aliphatic heterocycles. The van der Waals surface area contributed by atoms with E-state index in [9.17, 15) is 14.4 Å². The standard InChI is InChI=1S/C23H22N4O3/c1-13-5-8-19-17(9-13)18(11-20(27-19)14-6-7-14)23(30)26-16-4-2-3-15(10-16)22(29)25-12-21(24)28/h2-5,8-11,14H,6-7,12H2,1H3,(H2,24,28)(H,25,29)(H,26,30). The van der Waals surface area contributed by atoms with E-state index >= 15 is 0 Å². The molecule has 0 spiro atoms. The fourth-order valence-corrected chi connectivity index (χ4v) is 3.34. The van der Waals surface area contributed by atoms with Crippen molar-refractivity contribution in [3.05, 3.63) is 70.9 Å². The van der Waals surface area contributed by atoms with E-state index in [1.807, 2.05) is 31.2 Å². The first-order chi connectivity index (χ1) is 14.4. The molecule has 1 saturated carbocycles. The number of rotatable bonds is 6. The van der Waals surface area contributed by atoms with Crippen LogP contribution in [-0.2, 0) is 4.79 Å². The van der Waals surface area contributed by atoms with Crippen LogP contribution in [0.2, 0.25) is 0 Å². The predicted molar refractivity (Wildman–Crippen MR) is 114 cm³/mol. The SMILES string of the molecule is Cc1ccc2nc(C3CC3)cc(C(=O)Nc3cccc(C(=O)NCC(N)=O)c3)c2c1. The summed E-state index contributed by atoms with van der Waals surface area (Å²) in [5, 5.41) is 6.11. The molecule has 3 aromatic rings. The highest BCUT2D eigenvalue weighted by Crippen LogP contribution is 2.40. The number of nitrogens with one attached hydrogen (secondary N) is 2. The summed E-state index contributed by atoms with van der Waals surface area (Å²) in [7, 11) is 0. The van der Waals surface area contributed by atoms with Crippen molar-refractivity contribution in [3.8, 4) is 0 Å². The molecular formula is C23H22N4O3. The third kappa shape index (κ3) is 4.30. The highest BCUT2D eigenvalue weighted by atomic mass is 16.2. The summed E-state index contributed by atoms with van der Waals surface area (Å²) in [6.45, 7) is 1.73. The first-order valence-electron chi connectivity index (χ1n) is 9.80. The largest absolute Gasteiger partial charge is 0.368 e. The van der Waals surface area contributed by atoms with Crippen molar-refractivity contribution in [2.45, 2.75) is 25.7 Å². The molecular weight excluding hydrogens is 380 g/mol. The molecule has 152 valence electrons. The second kappa shape index (κ2) is 7.94. The lowest BCUT2D eigenvalue weighted by molar-refractivity contribution is -0.117. The maximum absolute atomic E-state index is 13.1. The summed E-state index contributed by atoms with van der Waals surface area (Å²) in [5.74, 6) is -0.908. The van der Waals surface area contributed by atoms with Gasteiger partial charge in [-0.25, -0.2) is 0 Å². The number of fused-ring (bicyclic) bond motifs is 1. The molecule has 4 rings (SSSR count). The van der Waals surface area contributed by atoms with Crippen LogP contribution in [0, 0.1) is 6.92 Å². The van der Waals surface area contributed by atoms with Crippen LogP contribution in [0.25, 0.3) is 10.9 Å². The normalized spacial score (nSPS) is 13.1. The molecule has 3 amide bonds. The second-order valence-corrected chi connectivity index (χ2v) is 7.57. The van der Waals surface area contributed by atoms with Gasteiger partial charge in [0.15, 0.2) is 0 Å². The van der Waals surface area contributed by atoms with E-state index < -0.39 is 11.8 Å². The molecule has 1 heterocycles. The molecule has 0 atom stereocenters. The Hall–Kier alpha value is -3.74. The van der Waals surface area contributed by atoms with Crippen LogP contribution >= 0.6 is 0 Å². The summed E-state index contributed by atoms with van der Waals surface area (Å²) in [6.07, 6.45) is 2.18. The average Bonchev–Trinajstić information content (AvgIpc) is 3.56. The number of benzene rings is 2. The highest BCUT2D eigenvalue weighted by molar-refractivity contribution is 6.13. The smallest absolute Gasteiger partial charge is 0.256 e. The lowest BCUT2D eigenvalue weighted by atomic mass is 10.0. The van der Waals surface area contributed by atoms with Gasteiger partial charge in [-0.3, -0.25) is 19.4 Å². The molecule has 7 heteroatoms. The van der Waals surface area contributed by atoms with Gasteiger partial charge in [0.2, 0.25) is 5.91 Å². The fraction of sp³-hybridized carbons (Fsp3) is 0.217. The number of nitrogens with two attached hydrogens (primary N) is 1. The van der Waals surface area contributed by atoms with E-state index in [0.29, 0.717) is 22.7 Å². The zero-order valence-electron chi connectivity index (χ0n) is 16.6. The van der Waals surface area contributed by atoms with E-state index in [0.717, 1.165) is 35.0 Å². The number of carbonyl (C=O) groups is 3. The van der Waals surface area contributed by atoms with Crippen LogP contribution in [0.4, 0.5) is 5.69 Å². The Labute approximate surface area is 173 Å². The zero-order chi connectivity index (χ0) is 21.3. The molecule has 1 aliphatic rings. The van der Waals surface area contributed by atoms with Gasteiger partial charge in [0.1, 0.15) is 0 Å². The number of primary amides is 1. The number of aromatic nitrogens is 1. The van der Waals surface area contributed by atoms with Crippen LogP contribution in [0.1, 0.15) is 50.7 Å². The minimum absolute atomic E-state index is 0.248. The van der Waals surface area contributed by atoms with E-state index in [1.165, 1.54) is 0 Å². The molecule has 1 aliphatic carbocycles. The number of aryl methyl sites for hydroxylation is 1. The van der Waals surface area contributed by atoms with Gasteiger partial charge in [-0.05, 0) is 56.2 Å². The Bertz CT molecular complexity index is 1170. The van der Waals surface area contributed by atoms with Crippen molar-refractivity contribution in [1.82, 2.24) is 10.3 Å². The summed E-state index contributed by atoms with van der Waals surface area (Å²) >= 11 is 0. The first kappa shape index (κ1) is 19.6. The Morgan fingerprint density at radius 1 is 1.07 bits per heavy atom. The molecule has 1 aromatic heterocycles. The lowest BCUT2D eigenvalue weighted by Crippen LogP contribution is -2.33. The number of anilines is 1. The average molecular weight is 402 g/mol. The molecule has 7 nitrogen and oxygen atoms in total. The monoisotopic (exact) mass is 402 g/mol. The van der Waals surface area contributed by atoms with Crippen molar-refractivity contribution in [1.29, 1.82) is 0 Å². The maximum atomic E-state index is 13.1. The Morgan fingerprint density at radius 3 is 2.60 bits per heavy atom. The van der Waals surface area contributed by atoms with E-state index in [4.69, 9.17) is 10.7 Å². The highest BCUT2D eigenvalue weighted by Gasteiger charge is 2.27. The Balaban J connectivity index is 1.62. The molecule has 0 unspecified atom stereocenters. The molecule has 0 radical (unpaired) electrons. The lowest BCUT2D eigenvalue weighted by Gasteiger charge is -2.12. The molecule has 2 aromatic carbocycles. The van der Waals surface area contributed by atoms with Crippen molar-refractivity contribution < 1.29 is 14.4 Å². The first-order valence-corrected chi connectivity index (χ1v) is 9.80. The number of hydrogen-bond donors (Lipinski definition) is 3. The molecule has 4 N–H and O–H groups in total. The van der Waals surface area contributed by atoms with E-state index in [1.54, 1.807) is 24.3 Å². The summed E-state index contributed by atoms with van der Waals surface area (Å²) < 4.78 is 0. The number of nitrogens with zero attached hydrogens (tertiary/aromatic N) is 1. The van der Waals surface area contributed by atoms with Crippen LogP contribution in [0.3, 0.4) is 0 Å². The van der Waals surface area contributed by atoms with E-state index in [2.05, 4.69) is 10.6 Å². The molecule has 0 bridgehead atoms. The van der Waals surface area contributed by atoms with Crippen molar-refractivity contribution in [3.63, 3.8) is 0 Å². The van der Waals surface area contributed by atoms with Crippen LogP contribution in [0.15, 0.2) is 48.5 Å². The third-order valence-corrected chi connectivity index (χ3v) is 5.03. The maximum Gasteiger partial charge on any atom is 0.256 e. The number of amides is 3. The Kier molecular flexibility index (Phi) is 5.18. The van der Waals surface area contributed by atoms with Crippen molar-refractivity contribution in [2.24, 2.45) is 5.73 Å². The predicted octanol–water partition coefficient (Wildman–Crippen LogP) is 2.89. The van der Waals surface area contributed by atoms with Crippen LogP contribution < -0.4 is 16.4 Å². The third-order valence-electron chi connectivity index (χ3n) is 5.03. The number of carbonyl (C=O) groups excluding carboxylic acids is 3. The van der Waals surface area contributed by atoms with Gasteiger partial charge in [-0.2, -0.15) is 0 Å². The molecule has 0 saturated heterocycles. The second-order valence-electron chi connectivity index (χ2n) is 7.57. The quantitative estimate of drug-likeness (QED) is 0.588. The van der Waals surface area contributed by atoms with Gasteiger partial charge in [0, 0.05) is 28.2 Å². The Morgan fingerprint density at radius 2 is 1.87 bits per heavy atom. The van der Waals surface area contributed by atoms with Crippen LogP contribution in [-0.4, -0.2) is 29.3 Å². The molecule has 30 heavy (non-hydrogen) atoms. The number of pyridine rings is 1. The number of hydrogen-bond acceptors (Lipinski definition) is 4. The van der Waals surface area contributed by atoms with Gasteiger partial charge in [0.25, 0.3) is 11.8 Å². The topological polar surface area (TPSA) is 114 Å².